The van der Waals surface area contributed by atoms with Crippen LogP contribution in [0.1, 0.15) is 23.9 Å². The lowest BCUT2D eigenvalue weighted by molar-refractivity contribution is 0.283. The van der Waals surface area contributed by atoms with Crippen LogP contribution in [0.15, 0.2) is 30.6 Å². The van der Waals surface area contributed by atoms with E-state index in [1.54, 1.807) is 6.20 Å². The number of hydrogen-bond acceptors (Lipinski definition) is 3. The predicted molar refractivity (Wildman–Crippen MR) is 77.3 cm³/mol. The molecule has 0 atom stereocenters. The number of nitrogens with zero attached hydrogens (tertiary/aromatic N) is 4. The van der Waals surface area contributed by atoms with E-state index in [1.165, 1.54) is 0 Å². The summed E-state index contributed by atoms with van der Waals surface area (Å²) in [6.45, 7) is 2.83. The largest absolute Gasteiger partial charge is 0.392 e. The first-order chi connectivity index (χ1) is 9.72. The third-order valence-corrected chi connectivity index (χ3v) is 3.61. The Bertz CT molecular complexity index is 741. The minimum atomic E-state index is 0.0286. The van der Waals surface area contributed by atoms with Crippen LogP contribution < -0.4 is 0 Å². The molecular formula is C15H18N4O. The number of aliphatic hydroxyl groups is 1. The summed E-state index contributed by atoms with van der Waals surface area (Å²) >= 11 is 0. The Kier molecular flexibility index (Phi) is 3.28. The van der Waals surface area contributed by atoms with Crippen LogP contribution in [0.25, 0.3) is 11.0 Å². The molecule has 5 nitrogen and oxygen atoms in total. The van der Waals surface area contributed by atoms with Crippen LogP contribution in [0.2, 0.25) is 0 Å². The maximum Gasteiger partial charge on any atom is 0.140 e. The smallest absolute Gasteiger partial charge is 0.140 e. The van der Waals surface area contributed by atoms with Gasteiger partial charge in [0.2, 0.25) is 0 Å². The molecule has 0 aromatic carbocycles. The Morgan fingerprint density at radius 1 is 1.35 bits per heavy atom. The number of aliphatic hydroxyl groups excluding tert-OH is 1. The van der Waals surface area contributed by atoms with Crippen LogP contribution in [-0.4, -0.2) is 24.4 Å². The van der Waals surface area contributed by atoms with Gasteiger partial charge in [0, 0.05) is 30.4 Å². The van der Waals surface area contributed by atoms with Gasteiger partial charge in [-0.15, -0.1) is 0 Å². The summed E-state index contributed by atoms with van der Waals surface area (Å²) in [7, 11) is 1.96. The van der Waals surface area contributed by atoms with Crippen molar-refractivity contribution >= 4 is 11.0 Å². The number of fused-ring (bicyclic) bond motifs is 1. The van der Waals surface area contributed by atoms with Crippen molar-refractivity contribution in [3.05, 3.63) is 47.5 Å². The highest BCUT2D eigenvalue weighted by atomic mass is 16.3. The van der Waals surface area contributed by atoms with E-state index in [2.05, 4.69) is 27.6 Å². The molecule has 0 aliphatic heterocycles. The van der Waals surface area contributed by atoms with E-state index in [0.29, 0.717) is 6.54 Å². The summed E-state index contributed by atoms with van der Waals surface area (Å²) in [5.41, 5.74) is 4.03. The molecule has 5 heteroatoms. The predicted octanol–water partition coefficient (Wildman–Crippen LogP) is 1.87. The molecule has 0 aliphatic rings. The maximum absolute atomic E-state index is 9.45. The molecule has 0 unspecified atom stereocenters. The van der Waals surface area contributed by atoms with Gasteiger partial charge in [-0.2, -0.15) is 5.10 Å². The second kappa shape index (κ2) is 5.09. The minimum Gasteiger partial charge on any atom is -0.392 e. The maximum atomic E-state index is 9.45. The Hall–Kier alpha value is -2.14. The molecule has 20 heavy (non-hydrogen) atoms. The van der Waals surface area contributed by atoms with E-state index in [-0.39, 0.29) is 6.61 Å². The van der Waals surface area contributed by atoms with Crippen molar-refractivity contribution in [2.75, 3.05) is 0 Å². The third-order valence-electron chi connectivity index (χ3n) is 3.61. The number of pyridine rings is 1. The SMILES string of the molecule is CCc1cc(Cn2cc(CO)c3cccnc32)n(C)n1. The average Bonchev–Trinajstić information content (AvgIpc) is 3.01. The number of rotatable bonds is 4. The first-order valence-corrected chi connectivity index (χ1v) is 6.78. The van der Waals surface area contributed by atoms with Crippen LogP contribution in [0.3, 0.4) is 0 Å². The van der Waals surface area contributed by atoms with Gasteiger partial charge in [-0.1, -0.05) is 6.92 Å². The zero-order chi connectivity index (χ0) is 14.1. The Labute approximate surface area is 117 Å². The highest BCUT2D eigenvalue weighted by Gasteiger charge is 2.11. The summed E-state index contributed by atoms with van der Waals surface area (Å²) in [5, 5.41) is 14.9. The van der Waals surface area contributed by atoms with Crippen molar-refractivity contribution in [1.82, 2.24) is 19.3 Å². The van der Waals surface area contributed by atoms with E-state index in [1.807, 2.05) is 30.1 Å². The van der Waals surface area contributed by atoms with Crippen molar-refractivity contribution in [2.45, 2.75) is 26.5 Å². The summed E-state index contributed by atoms with van der Waals surface area (Å²) in [6, 6.07) is 6.00. The summed E-state index contributed by atoms with van der Waals surface area (Å²) in [6.07, 6.45) is 4.68. The van der Waals surface area contributed by atoms with E-state index >= 15 is 0 Å². The fourth-order valence-electron chi connectivity index (χ4n) is 2.51. The van der Waals surface area contributed by atoms with Gasteiger partial charge in [0.05, 0.1) is 24.5 Å². The van der Waals surface area contributed by atoms with Gasteiger partial charge in [-0.05, 0) is 24.6 Å². The standard InChI is InChI=1S/C15H18N4O/c1-3-12-7-13(18(2)17-12)9-19-8-11(10-20)14-5-4-6-16-15(14)19/h4-8,20H,3,9-10H2,1-2H3. The first kappa shape index (κ1) is 12.9. The van der Waals surface area contributed by atoms with E-state index in [0.717, 1.165) is 34.4 Å². The van der Waals surface area contributed by atoms with E-state index in [4.69, 9.17) is 0 Å². The van der Waals surface area contributed by atoms with Gasteiger partial charge in [-0.25, -0.2) is 4.98 Å². The molecule has 3 aromatic heterocycles. The molecule has 3 rings (SSSR count). The average molecular weight is 270 g/mol. The van der Waals surface area contributed by atoms with Crippen molar-refractivity contribution in [3.8, 4) is 0 Å². The number of hydrogen-bond donors (Lipinski definition) is 1. The molecule has 1 N–H and O–H groups in total. The third kappa shape index (κ3) is 2.10. The Morgan fingerprint density at radius 2 is 2.20 bits per heavy atom. The Balaban J connectivity index is 2.04. The second-order valence-corrected chi connectivity index (χ2v) is 4.92. The Morgan fingerprint density at radius 3 is 2.90 bits per heavy atom. The molecule has 0 radical (unpaired) electrons. The molecule has 0 saturated heterocycles. The van der Waals surface area contributed by atoms with Gasteiger partial charge in [0.15, 0.2) is 0 Å². The summed E-state index contributed by atoms with van der Waals surface area (Å²) in [5.74, 6) is 0. The monoisotopic (exact) mass is 270 g/mol. The number of aromatic nitrogens is 4. The molecular weight excluding hydrogens is 252 g/mol. The fourth-order valence-corrected chi connectivity index (χ4v) is 2.51. The van der Waals surface area contributed by atoms with E-state index < -0.39 is 0 Å². The molecule has 3 aromatic rings. The quantitative estimate of drug-likeness (QED) is 0.787. The van der Waals surface area contributed by atoms with Crippen molar-refractivity contribution < 1.29 is 5.11 Å². The second-order valence-electron chi connectivity index (χ2n) is 4.92. The van der Waals surface area contributed by atoms with Gasteiger partial charge in [0.25, 0.3) is 0 Å². The van der Waals surface area contributed by atoms with Gasteiger partial charge >= 0.3 is 0 Å². The van der Waals surface area contributed by atoms with Gasteiger partial charge in [0.1, 0.15) is 5.65 Å². The van der Waals surface area contributed by atoms with Crippen LogP contribution in [-0.2, 0) is 26.6 Å². The van der Waals surface area contributed by atoms with Gasteiger partial charge in [-0.3, -0.25) is 4.68 Å². The summed E-state index contributed by atoms with van der Waals surface area (Å²) in [4.78, 5) is 4.42. The van der Waals surface area contributed by atoms with Gasteiger partial charge < -0.3 is 9.67 Å². The van der Waals surface area contributed by atoms with Crippen LogP contribution in [0.4, 0.5) is 0 Å². The molecule has 0 fully saturated rings. The lowest BCUT2D eigenvalue weighted by Crippen LogP contribution is -2.05. The fraction of sp³-hybridized carbons (Fsp3) is 0.333. The molecule has 0 aliphatic carbocycles. The minimum absolute atomic E-state index is 0.0286. The lowest BCUT2D eigenvalue weighted by atomic mass is 10.2. The topological polar surface area (TPSA) is 55.9 Å². The lowest BCUT2D eigenvalue weighted by Gasteiger charge is -2.04. The molecule has 0 bridgehead atoms. The summed E-state index contributed by atoms with van der Waals surface area (Å²) < 4.78 is 3.98. The highest BCUT2D eigenvalue weighted by Crippen LogP contribution is 2.20. The normalized spacial score (nSPS) is 11.3. The molecule has 0 saturated carbocycles. The molecule has 104 valence electrons. The van der Waals surface area contributed by atoms with Crippen molar-refractivity contribution in [3.63, 3.8) is 0 Å². The molecule has 3 heterocycles. The van der Waals surface area contributed by atoms with E-state index in [9.17, 15) is 5.11 Å². The number of aryl methyl sites for hydroxylation is 2. The molecule has 0 amide bonds. The van der Waals surface area contributed by atoms with Crippen LogP contribution in [0, 0.1) is 0 Å². The van der Waals surface area contributed by atoms with Crippen molar-refractivity contribution in [2.24, 2.45) is 7.05 Å². The zero-order valence-corrected chi connectivity index (χ0v) is 11.7. The first-order valence-electron chi connectivity index (χ1n) is 6.78. The van der Waals surface area contributed by atoms with Crippen LogP contribution >= 0.6 is 0 Å². The van der Waals surface area contributed by atoms with Crippen molar-refractivity contribution in [1.29, 1.82) is 0 Å². The van der Waals surface area contributed by atoms with Crippen LogP contribution in [0.5, 0.6) is 0 Å². The molecule has 0 spiro atoms. The zero-order valence-electron chi connectivity index (χ0n) is 11.7. The highest BCUT2D eigenvalue weighted by molar-refractivity contribution is 5.80.